The van der Waals surface area contributed by atoms with E-state index in [1.54, 1.807) is 4.90 Å². The Morgan fingerprint density at radius 1 is 1.29 bits per heavy atom. The number of carbonyl (C=O) groups is 2. The zero-order valence-corrected chi connectivity index (χ0v) is 13.5. The zero-order chi connectivity index (χ0) is 15.8. The normalized spacial score (nSPS) is 22.3. The topological polar surface area (TPSA) is 66.8 Å². The summed E-state index contributed by atoms with van der Waals surface area (Å²) in [5.74, 6) is -0.151. The van der Waals surface area contributed by atoms with Gasteiger partial charge < -0.3 is 14.7 Å². The van der Waals surface area contributed by atoms with Crippen LogP contribution in [0.5, 0.6) is 0 Å². The van der Waals surface area contributed by atoms with Crippen LogP contribution >= 0.6 is 0 Å². The van der Waals surface area contributed by atoms with Crippen molar-refractivity contribution < 1.29 is 19.4 Å². The fourth-order valence-corrected chi connectivity index (χ4v) is 2.79. The summed E-state index contributed by atoms with van der Waals surface area (Å²) in [6, 6.07) is 0. The number of aliphatic carboxylic acids is 1. The number of ether oxygens (including phenoxy) is 1. The predicted octanol–water partition coefficient (Wildman–Crippen LogP) is 2.54. The molecule has 1 amide bonds. The first-order valence-electron chi connectivity index (χ1n) is 8.01. The second-order valence-electron chi connectivity index (χ2n) is 6.49. The third kappa shape index (κ3) is 6.93. The third-order valence-electron chi connectivity index (χ3n) is 3.99. The first-order valence-corrected chi connectivity index (χ1v) is 8.01. The number of carboxylic acid groups (broad SMARTS) is 1. The van der Waals surface area contributed by atoms with E-state index in [2.05, 4.69) is 6.92 Å². The average Bonchev–Trinajstić information content (AvgIpc) is 2.41. The number of nitrogens with zero attached hydrogens (tertiary/aromatic N) is 1. The lowest BCUT2D eigenvalue weighted by molar-refractivity contribution is -0.142. The molecule has 122 valence electrons. The molecule has 5 heteroatoms. The minimum atomic E-state index is -0.877. The van der Waals surface area contributed by atoms with E-state index in [1.165, 1.54) is 6.42 Å². The Balaban J connectivity index is 2.44. The Labute approximate surface area is 127 Å². The number of rotatable bonds is 8. The van der Waals surface area contributed by atoms with Crippen molar-refractivity contribution in [3.05, 3.63) is 0 Å². The van der Waals surface area contributed by atoms with Crippen molar-refractivity contribution in [2.45, 2.75) is 59.0 Å². The molecule has 0 aromatic rings. The number of amides is 1. The third-order valence-corrected chi connectivity index (χ3v) is 3.99. The van der Waals surface area contributed by atoms with Crippen LogP contribution in [0.2, 0.25) is 0 Å². The zero-order valence-electron chi connectivity index (χ0n) is 13.5. The van der Waals surface area contributed by atoms with Gasteiger partial charge in [-0.1, -0.05) is 33.6 Å². The van der Waals surface area contributed by atoms with E-state index in [1.807, 2.05) is 13.8 Å². The molecule has 0 aromatic carbocycles. The van der Waals surface area contributed by atoms with Crippen LogP contribution in [-0.2, 0) is 14.3 Å². The summed E-state index contributed by atoms with van der Waals surface area (Å²) in [6.07, 6.45) is 4.74. The van der Waals surface area contributed by atoms with Crippen LogP contribution in [0.15, 0.2) is 0 Å². The quantitative estimate of drug-likeness (QED) is 0.748. The molecule has 0 aliphatic heterocycles. The van der Waals surface area contributed by atoms with Gasteiger partial charge in [-0.3, -0.25) is 9.59 Å². The highest BCUT2D eigenvalue weighted by Gasteiger charge is 2.24. The van der Waals surface area contributed by atoms with Gasteiger partial charge in [0, 0.05) is 13.1 Å². The maximum absolute atomic E-state index is 12.2. The number of carbonyl (C=O) groups excluding carboxylic acids is 1. The second-order valence-corrected chi connectivity index (χ2v) is 6.49. The van der Waals surface area contributed by atoms with Crippen LogP contribution in [0.4, 0.5) is 0 Å². The minimum absolute atomic E-state index is 0.0156. The molecule has 1 aliphatic carbocycles. The standard InChI is InChI=1S/C16H29NO4/c1-12(2)10-17(9-8-16(19)20)15(18)11-21-14-7-5-4-6-13(14)3/h12-14H,4-11H2,1-3H3,(H,19,20). The lowest BCUT2D eigenvalue weighted by atomic mass is 9.88. The van der Waals surface area contributed by atoms with Crippen LogP contribution in [-0.4, -0.2) is 47.7 Å². The molecule has 21 heavy (non-hydrogen) atoms. The molecule has 2 atom stereocenters. The summed E-state index contributed by atoms with van der Waals surface area (Å²) < 4.78 is 5.79. The molecule has 1 rings (SSSR count). The molecule has 1 fully saturated rings. The van der Waals surface area contributed by atoms with Crippen molar-refractivity contribution in [1.29, 1.82) is 0 Å². The summed E-state index contributed by atoms with van der Waals surface area (Å²) in [7, 11) is 0. The van der Waals surface area contributed by atoms with Gasteiger partial charge in [-0.15, -0.1) is 0 Å². The van der Waals surface area contributed by atoms with E-state index in [-0.39, 0.29) is 31.6 Å². The highest BCUT2D eigenvalue weighted by Crippen LogP contribution is 2.26. The van der Waals surface area contributed by atoms with E-state index in [0.29, 0.717) is 18.4 Å². The smallest absolute Gasteiger partial charge is 0.305 e. The van der Waals surface area contributed by atoms with Gasteiger partial charge in [0.05, 0.1) is 12.5 Å². The highest BCUT2D eigenvalue weighted by atomic mass is 16.5. The Morgan fingerprint density at radius 3 is 2.52 bits per heavy atom. The Kier molecular flexibility index (Phi) is 7.72. The molecular formula is C16H29NO4. The van der Waals surface area contributed by atoms with E-state index >= 15 is 0 Å². The largest absolute Gasteiger partial charge is 0.481 e. The first kappa shape index (κ1) is 18.0. The molecule has 1 N–H and O–H groups in total. The molecule has 0 saturated heterocycles. The molecule has 0 aromatic heterocycles. The van der Waals surface area contributed by atoms with Crippen molar-refractivity contribution in [2.24, 2.45) is 11.8 Å². The van der Waals surface area contributed by atoms with Crippen molar-refractivity contribution in [3.8, 4) is 0 Å². The summed E-state index contributed by atoms with van der Waals surface area (Å²) in [4.78, 5) is 24.6. The summed E-state index contributed by atoms with van der Waals surface area (Å²) in [6.45, 7) is 7.12. The molecule has 0 spiro atoms. The lowest BCUT2D eigenvalue weighted by Crippen LogP contribution is -2.40. The Morgan fingerprint density at radius 2 is 1.95 bits per heavy atom. The van der Waals surface area contributed by atoms with Crippen molar-refractivity contribution >= 4 is 11.9 Å². The van der Waals surface area contributed by atoms with Crippen LogP contribution in [0.1, 0.15) is 52.9 Å². The van der Waals surface area contributed by atoms with Gasteiger partial charge in [-0.25, -0.2) is 0 Å². The van der Waals surface area contributed by atoms with Crippen LogP contribution in [0.3, 0.4) is 0 Å². The SMILES string of the molecule is CC(C)CN(CCC(=O)O)C(=O)COC1CCCCC1C. The summed E-state index contributed by atoms with van der Waals surface area (Å²) in [5.41, 5.74) is 0. The maximum Gasteiger partial charge on any atom is 0.305 e. The molecule has 1 saturated carbocycles. The van der Waals surface area contributed by atoms with E-state index in [0.717, 1.165) is 19.3 Å². The molecule has 0 heterocycles. The van der Waals surface area contributed by atoms with Gasteiger partial charge in [0.25, 0.3) is 0 Å². The fourth-order valence-electron chi connectivity index (χ4n) is 2.79. The first-order chi connectivity index (χ1) is 9.90. The van der Waals surface area contributed by atoms with Crippen LogP contribution in [0, 0.1) is 11.8 Å². The van der Waals surface area contributed by atoms with E-state index in [9.17, 15) is 9.59 Å². The molecule has 0 bridgehead atoms. The number of hydrogen-bond donors (Lipinski definition) is 1. The summed E-state index contributed by atoms with van der Waals surface area (Å²) in [5, 5.41) is 8.78. The molecule has 2 unspecified atom stereocenters. The highest BCUT2D eigenvalue weighted by molar-refractivity contribution is 5.78. The average molecular weight is 299 g/mol. The Hall–Kier alpha value is -1.10. The monoisotopic (exact) mass is 299 g/mol. The lowest BCUT2D eigenvalue weighted by Gasteiger charge is -2.30. The summed E-state index contributed by atoms with van der Waals surface area (Å²) >= 11 is 0. The van der Waals surface area contributed by atoms with Crippen LogP contribution < -0.4 is 0 Å². The van der Waals surface area contributed by atoms with Gasteiger partial charge in [-0.2, -0.15) is 0 Å². The van der Waals surface area contributed by atoms with Crippen molar-refractivity contribution in [2.75, 3.05) is 19.7 Å². The van der Waals surface area contributed by atoms with Gasteiger partial charge in [-0.05, 0) is 24.7 Å². The van der Waals surface area contributed by atoms with Gasteiger partial charge in [0.2, 0.25) is 5.91 Å². The second kappa shape index (κ2) is 9.03. The van der Waals surface area contributed by atoms with Gasteiger partial charge in [0.15, 0.2) is 0 Å². The molecular weight excluding hydrogens is 270 g/mol. The van der Waals surface area contributed by atoms with Gasteiger partial charge >= 0.3 is 5.97 Å². The number of hydrogen-bond acceptors (Lipinski definition) is 3. The van der Waals surface area contributed by atoms with E-state index in [4.69, 9.17) is 9.84 Å². The number of carboxylic acids is 1. The van der Waals surface area contributed by atoms with Crippen molar-refractivity contribution in [1.82, 2.24) is 4.90 Å². The molecule has 0 radical (unpaired) electrons. The van der Waals surface area contributed by atoms with Crippen molar-refractivity contribution in [3.63, 3.8) is 0 Å². The maximum atomic E-state index is 12.2. The molecule has 1 aliphatic rings. The Bertz CT molecular complexity index is 343. The van der Waals surface area contributed by atoms with Gasteiger partial charge in [0.1, 0.15) is 6.61 Å². The fraction of sp³-hybridized carbons (Fsp3) is 0.875. The minimum Gasteiger partial charge on any atom is -0.481 e. The predicted molar refractivity (Wildman–Crippen MR) is 81.0 cm³/mol. The van der Waals surface area contributed by atoms with E-state index < -0.39 is 5.97 Å². The van der Waals surface area contributed by atoms with Crippen LogP contribution in [0.25, 0.3) is 0 Å². The molecule has 5 nitrogen and oxygen atoms in total.